The maximum Gasteiger partial charge on any atom is 0.283 e. The Kier molecular flexibility index (Phi) is 2.36. The van der Waals surface area contributed by atoms with Gasteiger partial charge in [0.25, 0.3) is 5.91 Å². The van der Waals surface area contributed by atoms with Gasteiger partial charge in [0.2, 0.25) is 0 Å². The first-order valence-electron chi connectivity index (χ1n) is 6.45. The maximum atomic E-state index is 13.2. The molecule has 92 valence electrons. The summed E-state index contributed by atoms with van der Waals surface area (Å²) in [5.74, 6) is 3.70. The molecule has 1 amide bonds. The Morgan fingerprint density at radius 2 is 2.22 bits per heavy atom. The summed E-state index contributed by atoms with van der Waals surface area (Å²) >= 11 is 0. The molecule has 2 aromatic heterocycles. The number of aryl methyl sites for hydroxylation is 1. The number of hydrogen-bond donors (Lipinski definition) is 2. The van der Waals surface area contributed by atoms with Gasteiger partial charge in [-0.3, -0.25) is 15.2 Å². The summed E-state index contributed by atoms with van der Waals surface area (Å²) in [4.78, 5) is 19.0. The zero-order valence-corrected chi connectivity index (χ0v) is 9.14. The van der Waals surface area contributed by atoms with Gasteiger partial charge in [0.15, 0.2) is 0 Å². The number of carbonyl (C=O) groups excluding carboxylic acids is 1. The molecule has 0 aliphatic heterocycles. The van der Waals surface area contributed by atoms with Crippen molar-refractivity contribution in [3.05, 3.63) is 47.8 Å². The Morgan fingerprint density at radius 3 is 2.89 bits per heavy atom. The van der Waals surface area contributed by atoms with Crippen molar-refractivity contribution in [3.8, 4) is 11.1 Å². The summed E-state index contributed by atoms with van der Waals surface area (Å²) in [6, 6.07) is 3.75. The van der Waals surface area contributed by atoms with Gasteiger partial charge in [-0.15, -0.1) is 0 Å². The van der Waals surface area contributed by atoms with Gasteiger partial charge in [-0.1, -0.05) is 0 Å². The van der Waals surface area contributed by atoms with Gasteiger partial charge in [0.05, 0.1) is 6.20 Å². The lowest BCUT2D eigenvalue weighted by molar-refractivity contribution is 0.0948. The molecule has 18 heavy (non-hydrogen) atoms. The van der Waals surface area contributed by atoms with E-state index in [0.29, 0.717) is 11.1 Å². The van der Waals surface area contributed by atoms with Crippen molar-refractivity contribution in [3.63, 3.8) is 0 Å². The quantitative estimate of drug-likeness (QED) is 0.476. The van der Waals surface area contributed by atoms with Crippen LogP contribution in [0, 0.1) is 12.7 Å². The molecule has 0 spiro atoms. The number of rotatable bonds is 2. The lowest BCUT2D eigenvalue weighted by atomic mass is 10.1. The summed E-state index contributed by atoms with van der Waals surface area (Å²) < 4.78 is 35.4. The second kappa shape index (κ2) is 4.89. The highest BCUT2D eigenvalue weighted by molar-refractivity contribution is 5.93. The zero-order valence-electron chi connectivity index (χ0n) is 12.1. The van der Waals surface area contributed by atoms with E-state index < -0.39 is 18.6 Å². The number of carbonyl (C=O) groups is 1. The van der Waals surface area contributed by atoms with Gasteiger partial charge in [-0.05, 0) is 30.6 Å². The first kappa shape index (κ1) is 8.71. The van der Waals surface area contributed by atoms with Crippen LogP contribution in [0.2, 0.25) is 0 Å². The van der Waals surface area contributed by atoms with Crippen LogP contribution in [0.5, 0.6) is 0 Å². The molecule has 0 aliphatic carbocycles. The predicted octanol–water partition coefficient (Wildman–Crippen LogP) is 1.19. The number of pyridine rings is 2. The van der Waals surface area contributed by atoms with Gasteiger partial charge < -0.3 is 0 Å². The van der Waals surface area contributed by atoms with Crippen LogP contribution in [0.25, 0.3) is 11.1 Å². The minimum absolute atomic E-state index is 0.176. The standard InChI is InChI=1S/C12H11FN4O/c1-7-2-8(4-11(16-7)12(18)17-14)9-3-10(13)6-15-5-9/h2-6H,14H2,1H3,(H,17,18)/i1D3. The molecule has 0 aromatic carbocycles. The highest BCUT2D eigenvalue weighted by Crippen LogP contribution is 2.20. The first-order chi connectivity index (χ1) is 9.81. The number of nitrogen functional groups attached to an aromatic ring is 1. The molecule has 0 unspecified atom stereocenters. The van der Waals surface area contributed by atoms with Crippen molar-refractivity contribution in [2.45, 2.75) is 6.85 Å². The Hall–Kier alpha value is -2.34. The van der Waals surface area contributed by atoms with Crippen LogP contribution in [0.4, 0.5) is 4.39 Å². The fourth-order valence-electron chi connectivity index (χ4n) is 1.46. The van der Waals surface area contributed by atoms with Crippen molar-refractivity contribution in [2.24, 2.45) is 5.84 Å². The lowest BCUT2D eigenvalue weighted by Crippen LogP contribution is -2.30. The van der Waals surface area contributed by atoms with E-state index in [2.05, 4.69) is 9.97 Å². The van der Waals surface area contributed by atoms with E-state index >= 15 is 0 Å². The van der Waals surface area contributed by atoms with Crippen LogP contribution in [0.3, 0.4) is 0 Å². The van der Waals surface area contributed by atoms with Crippen LogP contribution in [-0.2, 0) is 0 Å². The summed E-state index contributed by atoms with van der Waals surface area (Å²) in [6.07, 6.45) is 2.37. The first-order valence-corrected chi connectivity index (χ1v) is 4.95. The molecule has 2 aromatic rings. The maximum absolute atomic E-state index is 13.2. The zero-order chi connectivity index (χ0) is 15.6. The number of amides is 1. The lowest BCUT2D eigenvalue weighted by Gasteiger charge is -2.06. The van der Waals surface area contributed by atoms with Gasteiger partial charge in [0, 0.05) is 21.6 Å². The number of hydrogen-bond acceptors (Lipinski definition) is 4. The summed E-state index contributed by atoms with van der Waals surface area (Å²) in [6.45, 7) is -2.51. The molecule has 2 rings (SSSR count). The molecule has 0 aliphatic rings. The number of nitrogens with two attached hydrogens (primary N) is 1. The van der Waals surface area contributed by atoms with Gasteiger partial charge in [0.1, 0.15) is 11.5 Å². The Bertz CT molecular complexity index is 690. The van der Waals surface area contributed by atoms with Crippen molar-refractivity contribution in [2.75, 3.05) is 0 Å². The molecule has 0 fully saturated rings. The number of nitrogens with one attached hydrogen (secondary N) is 1. The molecular weight excluding hydrogens is 235 g/mol. The largest absolute Gasteiger partial charge is 0.289 e. The number of halogens is 1. The van der Waals surface area contributed by atoms with Crippen molar-refractivity contribution in [1.82, 2.24) is 15.4 Å². The molecule has 0 bridgehead atoms. The molecular formula is C12H11FN4O. The van der Waals surface area contributed by atoms with Gasteiger partial charge in [-0.2, -0.15) is 0 Å². The third-order valence-electron chi connectivity index (χ3n) is 2.23. The monoisotopic (exact) mass is 249 g/mol. The Labute approximate surface area is 107 Å². The SMILES string of the molecule is [2H]C([2H])([2H])c1cc(-c2cncc(F)c2)cc(C(=O)NN)n1. The molecule has 0 saturated heterocycles. The molecule has 0 radical (unpaired) electrons. The van der Waals surface area contributed by atoms with Gasteiger partial charge >= 0.3 is 0 Å². The molecule has 0 atom stereocenters. The highest BCUT2D eigenvalue weighted by atomic mass is 19.1. The van der Waals surface area contributed by atoms with E-state index in [1.165, 1.54) is 24.4 Å². The van der Waals surface area contributed by atoms with Gasteiger partial charge in [-0.25, -0.2) is 15.2 Å². The van der Waals surface area contributed by atoms with E-state index in [1.54, 1.807) is 0 Å². The third-order valence-corrected chi connectivity index (χ3v) is 2.23. The third kappa shape index (κ3) is 2.49. The molecule has 0 saturated carbocycles. The highest BCUT2D eigenvalue weighted by Gasteiger charge is 2.09. The normalized spacial score (nSPS) is 13.3. The molecule has 3 N–H and O–H groups in total. The average molecular weight is 249 g/mol. The Morgan fingerprint density at radius 1 is 1.39 bits per heavy atom. The fraction of sp³-hybridized carbons (Fsp3) is 0.0833. The molecule has 2 heterocycles. The summed E-state index contributed by atoms with van der Waals surface area (Å²) in [7, 11) is 0. The van der Waals surface area contributed by atoms with Crippen LogP contribution >= 0.6 is 0 Å². The van der Waals surface area contributed by atoms with Crippen LogP contribution in [0.15, 0.2) is 30.6 Å². The Balaban J connectivity index is 2.63. The minimum Gasteiger partial charge on any atom is -0.289 e. The van der Waals surface area contributed by atoms with E-state index in [9.17, 15) is 9.18 Å². The van der Waals surface area contributed by atoms with Crippen LogP contribution in [-0.4, -0.2) is 15.9 Å². The van der Waals surface area contributed by atoms with Crippen molar-refractivity contribution >= 4 is 5.91 Å². The van der Waals surface area contributed by atoms with E-state index in [0.717, 1.165) is 6.20 Å². The van der Waals surface area contributed by atoms with Crippen LogP contribution < -0.4 is 11.3 Å². The summed E-state index contributed by atoms with van der Waals surface area (Å²) in [5.41, 5.74) is 2.05. The van der Waals surface area contributed by atoms with E-state index in [4.69, 9.17) is 9.95 Å². The van der Waals surface area contributed by atoms with Crippen molar-refractivity contribution in [1.29, 1.82) is 0 Å². The van der Waals surface area contributed by atoms with Crippen molar-refractivity contribution < 1.29 is 13.3 Å². The number of aromatic nitrogens is 2. The average Bonchev–Trinajstić information content (AvgIpc) is 2.45. The topological polar surface area (TPSA) is 80.9 Å². The summed E-state index contributed by atoms with van der Waals surface area (Å²) in [5, 5.41) is 0. The predicted molar refractivity (Wildman–Crippen MR) is 63.8 cm³/mol. The molecule has 6 heteroatoms. The second-order valence-electron chi connectivity index (χ2n) is 3.49. The van der Waals surface area contributed by atoms with Crippen LogP contribution in [0.1, 0.15) is 20.3 Å². The number of hydrazine groups is 1. The second-order valence-corrected chi connectivity index (χ2v) is 3.49. The minimum atomic E-state index is -2.51. The smallest absolute Gasteiger partial charge is 0.283 e. The molecule has 5 nitrogen and oxygen atoms in total. The number of nitrogens with zero attached hydrogens (tertiary/aromatic N) is 2. The van der Waals surface area contributed by atoms with E-state index in [-0.39, 0.29) is 11.4 Å². The van der Waals surface area contributed by atoms with E-state index in [1.807, 2.05) is 5.43 Å². The fourth-order valence-corrected chi connectivity index (χ4v) is 1.46.